The molecule has 54 valence electrons. The molecular formula is C5H5NO2S2. The number of carbonyl (C=O) groups excluding carboxylic acids is 1. The molecule has 0 radical (unpaired) electrons. The van der Waals surface area contributed by atoms with Gasteiger partial charge >= 0.3 is 5.97 Å². The molecule has 0 saturated heterocycles. The number of aromatic nitrogens is 1. The summed E-state index contributed by atoms with van der Waals surface area (Å²) in [7, 11) is 1.34. The molecule has 0 fully saturated rings. The Morgan fingerprint density at radius 1 is 1.90 bits per heavy atom. The molecule has 1 N–H and O–H groups in total. The Labute approximate surface area is 66.8 Å². The zero-order valence-corrected chi connectivity index (χ0v) is 6.84. The van der Waals surface area contributed by atoms with Crippen LogP contribution in [-0.2, 0) is 4.74 Å². The molecule has 1 heterocycles. The zero-order valence-electron chi connectivity index (χ0n) is 5.21. The fourth-order valence-corrected chi connectivity index (χ4v) is 1.41. The van der Waals surface area contributed by atoms with Crippen molar-refractivity contribution in [3.8, 4) is 0 Å². The number of rotatable bonds is 1. The van der Waals surface area contributed by atoms with Gasteiger partial charge in [-0.25, -0.2) is 4.79 Å². The minimum atomic E-state index is -0.350. The van der Waals surface area contributed by atoms with E-state index in [0.717, 1.165) is 0 Å². The summed E-state index contributed by atoms with van der Waals surface area (Å²) in [5.74, 6) is -0.350. The largest absolute Gasteiger partial charge is 0.465 e. The van der Waals surface area contributed by atoms with Gasteiger partial charge in [-0.2, -0.15) is 0 Å². The quantitative estimate of drug-likeness (QED) is 0.520. The minimum Gasteiger partial charge on any atom is -0.465 e. The number of ether oxygens (including phenoxy) is 1. The van der Waals surface area contributed by atoms with E-state index in [2.05, 4.69) is 9.11 Å². The van der Waals surface area contributed by atoms with E-state index in [0.29, 0.717) is 9.52 Å². The van der Waals surface area contributed by atoms with E-state index >= 15 is 0 Å². The smallest absolute Gasteiger partial charge is 0.349 e. The van der Waals surface area contributed by atoms with E-state index in [4.69, 9.17) is 12.2 Å². The van der Waals surface area contributed by atoms with Gasteiger partial charge < -0.3 is 9.11 Å². The van der Waals surface area contributed by atoms with Crippen LogP contribution in [0.1, 0.15) is 9.67 Å². The van der Waals surface area contributed by atoms with Crippen molar-refractivity contribution in [1.29, 1.82) is 0 Å². The summed E-state index contributed by atoms with van der Waals surface area (Å²) in [4.78, 5) is 11.3. The first-order valence-electron chi connectivity index (χ1n) is 2.51. The second-order valence-corrected chi connectivity index (χ2v) is 2.86. The van der Waals surface area contributed by atoms with Crippen LogP contribution in [0.3, 0.4) is 0 Å². The molecule has 0 amide bonds. The highest BCUT2D eigenvalue weighted by Crippen LogP contribution is 2.06. The Kier molecular flexibility index (Phi) is 2.18. The van der Waals surface area contributed by atoms with Gasteiger partial charge in [-0.3, -0.25) is 0 Å². The monoisotopic (exact) mass is 175 g/mol. The molecule has 0 atom stereocenters. The maximum atomic E-state index is 10.7. The molecule has 0 aliphatic carbocycles. The first-order valence-corrected chi connectivity index (χ1v) is 3.73. The first-order chi connectivity index (χ1) is 4.74. The Hall–Kier alpha value is -0.680. The van der Waals surface area contributed by atoms with E-state index in [1.54, 1.807) is 6.07 Å². The highest BCUT2D eigenvalue weighted by molar-refractivity contribution is 7.71. The number of aromatic amines is 1. The molecule has 0 spiro atoms. The van der Waals surface area contributed by atoms with E-state index < -0.39 is 0 Å². The lowest BCUT2D eigenvalue weighted by Crippen LogP contribution is -1.96. The van der Waals surface area contributed by atoms with E-state index in [9.17, 15) is 4.79 Å². The molecule has 0 aliphatic rings. The van der Waals surface area contributed by atoms with Crippen LogP contribution in [0.5, 0.6) is 0 Å². The van der Waals surface area contributed by atoms with Gasteiger partial charge in [0.25, 0.3) is 0 Å². The van der Waals surface area contributed by atoms with Crippen LogP contribution >= 0.6 is 23.8 Å². The van der Waals surface area contributed by atoms with Crippen LogP contribution in [0.25, 0.3) is 0 Å². The second-order valence-electron chi connectivity index (χ2n) is 1.57. The summed E-state index contributed by atoms with van der Waals surface area (Å²) in [5, 5.41) is 0. The molecule has 10 heavy (non-hydrogen) atoms. The lowest BCUT2D eigenvalue weighted by atomic mass is 10.5. The average molecular weight is 175 g/mol. The van der Waals surface area contributed by atoms with Crippen molar-refractivity contribution >= 4 is 29.7 Å². The highest BCUT2D eigenvalue weighted by Gasteiger charge is 2.05. The first kappa shape index (κ1) is 7.43. The molecule has 5 heteroatoms. The van der Waals surface area contributed by atoms with E-state index in [1.165, 1.54) is 18.6 Å². The normalized spacial score (nSPS) is 9.30. The van der Waals surface area contributed by atoms with Gasteiger partial charge in [0.1, 0.15) is 9.52 Å². The predicted octanol–water partition coefficient (Wildman–Crippen LogP) is 1.59. The van der Waals surface area contributed by atoms with Crippen molar-refractivity contribution in [3.63, 3.8) is 0 Å². The molecule has 0 bridgehead atoms. The zero-order chi connectivity index (χ0) is 7.56. The fraction of sp³-hybridized carbons (Fsp3) is 0.200. The number of hydrogen-bond donors (Lipinski definition) is 1. The predicted molar refractivity (Wildman–Crippen MR) is 40.8 cm³/mol. The van der Waals surface area contributed by atoms with Crippen molar-refractivity contribution in [1.82, 2.24) is 4.37 Å². The van der Waals surface area contributed by atoms with Gasteiger partial charge in [0, 0.05) is 0 Å². The molecule has 3 nitrogen and oxygen atoms in total. The maximum absolute atomic E-state index is 10.7. The summed E-state index contributed by atoms with van der Waals surface area (Å²) < 4.78 is 7.75. The fourth-order valence-electron chi connectivity index (χ4n) is 0.484. The summed E-state index contributed by atoms with van der Waals surface area (Å²) in [6.45, 7) is 0. The minimum absolute atomic E-state index is 0.350. The molecule has 0 saturated carbocycles. The summed E-state index contributed by atoms with van der Waals surface area (Å²) >= 11 is 5.93. The topological polar surface area (TPSA) is 42.1 Å². The molecule has 1 rings (SSSR count). The SMILES string of the molecule is COC(=O)c1cc(=S)[nH]s1. The third kappa shape index (κ3) is 1.43. The van der Waals surface area contributed by atoms with Crippen molar-refractivity contribution in [2.75, 3.05) is 7.11 Å². The van der Waals surface area contributed by atoms with Gasteiger partial charge in [-0.1, -0.05) is 23.8 Å². The van der Waals surface area contributed by atoms with Crippen LogP contribution in [0.2, 0.25) is 0 Å². The molecule has 0 unspecified atom stereocenters. The lowest BCUT2D eigenvalue weighted by Gasteiger charge is -1.89. The summed E-state index contributed by atoms with van der Waals surface area (Å²) in [6.07, 6.45) is 0. The Balaban J connectivity index is 2.95. The lowest BCUT2D eigenvalue weighted by molar-refractivity contribution is 0.0606. The van der Waals surface area contributed by atoms with Crippen LogP contribution < -0.4 is 0 Å². The van der Waals surface area contributed by atoms with Crippen molar-refractivity contribution in [2.24, 2.45) is 0 Å². The van der Waals surface area contributed by atoms with Gasteiger partial charge in [-0.05, 0) is 6.07 Å². The number of nitrogens with one attached hydrogen (secondary N) is 1. The van der Waals surface area contributed by atoms with Crippen molar-refractivity contribution < 1.29 is 9.53 Å². The van der Waals surface area contributed by atoms with Crippen LogP contribution in [-0.4, -0.2) is 17.5 Å². The third-order valence-corrected chi connectivity index (χ3v) is 2.09. The molecular weight excluding hydrogens is 170 g/mol. The highest BCUT2D eigenvalue weighted by atomic mass is 32.1. The average Bonchev–Trinajstić information content (AvgIpc) is 2.34. The number of hydrogen-bond acceptors (Lipinski definition) is 4. The number of H-pyrrole nitrogens is 1. The van der Waals surface area contributed by atoms with Gasteiger partial charge in [0.15, 0.2) is 0 Å². The standard InChI is InChI=1S/C5H5NO2S2/c1-8-5(7)3-2-4(9)6-10-3/h2H,1H3,(H,6,9). The number of carbonyl (C=O) groups is 1. The Morgan fingerprint density at radius 2 is 2.60 bits per heavy atom. The van der Waals surface area contributed by atoms with E-state index in [1.807, 2.05) is 0 Å². The van der Waals surface area contributed by atoms with Crippen LogP contribution in [0.4, 0.5) is 0 Å². The second kappa shape index (κ2) is 2.94. The summed E-state index contributed by atoms with van der Waals surface area (Å²) in [5.41, 5.74) is 0. The van der Waals surface area contributed by atoms with E-state index in [-0.39, 0.29) is 5.97 Å². The maximum Gasteiger partial charge on any atom is 0.349 e. The summed E-state index contributed by atoms with van der Waals surface area (Å²) in [6, 6.07) is 1.58. The van der Waals surface area contributed by atoms with Crippen LogP contribution in [0, 0.1) is 4.64 Å². The van der Waals surface area contributed by atoms with Gasteiger partial charge in [-0.15, -0.1) is 0 Å². The number of methoxy groups -OCH3 is 1. The third-order valence-electron chi connectivity index (χ3n) is 0.910. The molecule has 1 aromatic rings. The Morgan fingerprint density at radius 3 is 3.00 bits per heavy atom. The van der Waals surface area contributed by atoms with Crippen molar-refractivity contribution in [3.05, 3.63) is 15.6 Å². The Bertz CT molecular complexity index is 288. The van der Waals surface area contributed by atoms with Gasteiger partial charge in [0.2, 0.25) is 0 Å². The molecule has 0 aromatic carbocycles. The van der Waals surface area contributed by atoms with Crippen molar-refractivity contribution in [2.45, 2.75) is 0 Å². The van der Waals surface area contributed by atoms with Gasteiger partial charge in [0.05, 0.1) is 7.11 Å². The molecule has 0 aliphatic heterocycles. The number of esters is 1. The molecule has 1 aromatic heterocycles. The van der Waals surface area contributed by atoms with Crippen LogP contribution in [0.15, 0.2) is 6.07 Å².